The number of H-pyrrole nitrogens is 1. The van der Waals surface area contributed by atoms with Gasteiger partial charge in [0, 0.05) is 42.7 Å². The van der Waals surface area contributed by atoms with Crippen molar-refractivity contribution in [3.05, 3.63) is 94.4 Å². The number of para-hydroxylation sites is 1. The third kappa shape index (κ3) is 4.04. The zero-order chi connectivity index (χ0) is 25.6. The van der Waals surface area contributed by atoms with E-state index in [1.165, 1.54) is 19.2 Å². The average molecular weight is 493 g/mol. The van der Waals surface area contributed by atoms with Gasteiger partial charge in [0.05, 0.1) is 5.57 Å². The number of allylic oxidation sites excluding steroid dienone is 1. The second-order valence-electron chi connectivity index (χ2n) is 8.70. The molecule has 0 saturated heterocycles. The number of carbonyl (C=O) groups is 2. The number of benzene rings is 2. The lowest BCUT2D eigenvalue weighted by Gasteiger charge is -2.24. The van der Waals surface area contributed by atoms with Gasteiger partial charge in [-0.15, -0.1) is 0 Å². The molecule has 1 aromatic heterocycles. The summed E-state index contributed by atoms with van der Waals surface area (Å²) in [5.41, 5.74) is 2.80. The Morgan fingerprint density at radius 2 is 1.89 bits per heavy atom. The summed E-state index contributed by atoms with van der Waals surface area (Å²) in [7, 11) is 1.21. The first-order valence-corrected chi connectivity index (χ1v) is 11.3. The Morgan fingerprint density at radius 1 is 1.14 bits per heavy atom. The molecule has 10 heteroatoms. The van der Waals surface area contributed by atoms with Gasteiger partial charge in [0.15, 0.2) is 0 Å². The van der Waals surface area contributed by atoms with Crippen LogP contribution in [0.3, 0.4) is 0 Å². The van der Waals surface area contributed by atoms with E-state index in [9.17, 15) is 18.4 Å². The van der Waals surface area contributed by atoms with Crippen molar-refractivity contribution in [3.8, 4) is 0 Å². The number of hydrogen-bond acceptors (Lipinski definition) is 3. The molecule has 5 rings (SSSR count). The molecule has 3 N–H and O–H groups in total. The summed E-state index contributed by atoms with van der Waals surface area (Å²) >= 11 is 0. The summed E-state index contributed by atoms with van der Waals surface area (Å²) in [4.78, 5) is 33.4. The fraction of sp³-hybridized carbons (Fsp3) is 0.192. The molecule has 0 bridgehead atoms. The first-order chi connectivity index (χ1) is 17.2. The average Bonchev–Trinajstić information content (AvgIpc) is 3.45. The quantitative estimate of drug-likeness (QED) is 0.488. The third-order valence-corrected chi connectivity index (χ3v) is 6.40. The van der Waals surface area contributed by atoms with Crippen LogP contribution in [0.4, 0.5) is 29.3 Å². The summed E-state index contributed by atoms with van der Waals surface area (Å²) in [6, 6.07) is 6.66. The second-order valence-corrected chi connectivity index (χ2v) is 8.70. The smallest absolute Gasteiger partial charge is 0.326 e. The Morgan fingerprint density at radius 3 is 2.56 bits per heavy atom. The van der Waals surface area contributed by atoms with Gasteiger partial charge in [-0.1, -0.05) is 18.2 Å². The van der Waals surface area contributed by atoms with Crippen molar-refractivity contribution in [2.45, 2.75) is 19.3 Å². The molecule has 0 radical (unpaired) electrons. The molecule has 2 heterocycles. The molecule has 7 nitrogen and oxygen atoms in total. The number of aryl methyl sites for hydroxylation is 1. The van der Waals surface area contributed by atoms with E-state index >= 15 is 4.39 Å². The molecule has 36 heavy (non-hydrogen) atoms. The molecule has 2 aromatic carbocycles. The Kier molecular flexibility index (Phi) is 5.87. The van der Waals surface area contributed by atoms with Gasteiger partial charge < -0.3 is 15.6 Å². The van der Waals surface area contributed by atoms with Crippen LogP contribution in [0.2, 0.25) is 0 Å². The Labute approximate surface area is 204 Å². The fourth-order valence-corrected chi connectivity index (χ4v) is 4.66. The van der Waals surface area contributed by atoms with E-state index in [0.717, 1.165) is 34.4 Å². The van der Waals surface area contributed by atoms with E-state index in [0.29, 0.717) is 35.5 Å². The molecule has 3 aromatic rings. The van der Waals surface area contributed by atoms with E-state index in [4.69, 9.17) is 0 Å². The van der Waals surface area contributed by atoms with Crippen molar-refractivity contribution >= 4 is 28.9 Å². The lowest BCUT2D eigenvalue weighted by atomic mass is 9.79. The summed E-state index contributed by atoms with van der Waals surface area (Å²) in [5.74, 6) is -2.39. The van der Waals surface area contributed by atoms with Crippen LogP contribution in [0.5, 0.6) is 0 Å². The van der Waals surface area contributed by atoms with E-state index in [1.807, 2.05) is 13.0 Å². The molecule has 3 amide bonds. The number of urea groups is 1. The maximum atomic E-state index is 15.3. The monoisotopic (exact) mass is 493 g/mol. The fourth-order valence-electron chi connectivity index (χ4n) is 4.66. The van der Waals surface area contributed by atoms with E-state index in [1.54, 1.807) is 12.3 Å². The van der Waals surface area contributed by atoms with Gasteiger partial charge in [-0.3, -0.25) is 9.69 Å². The van der Waals surface area contributed by atoms with Crippen LogP contribution in [-0.2, 0) is 4.79 Å². The van der Waals surface area contributed by atoms with Crippen LogP contribution < -0.4 is 15.5 Å². The molecule has 1 aliphatic carbocycles. The topological polar surface area (TPSA) is 90.1 Å². The lowest BCUT2D eigenvalue weighted by Crippen LogP contribution is -2.32. The van der Waals surface area contributed by atoms with Crippen LogP contribution in [0.25, 0.3) is 5.57 Å². The number of nitrogens with one attached hydrogen (secondary N) is 3. The van der Waals surface area contributed by atoms with Crippen LogP contribution >= 0.6 is 0 Å². The molecule has 0 saturated carbocycles. The van der Waals surface area contributed by atoms with Crippen LogP contribution in [0, 0.1) is 24.4 Å². The molecule has 1 unspecified atom stereocenters. The van der Waals surface area contributed by atoms with Gasteiger partial charge >= 0.3 is 6.03 Å². The molecule has 0 fully saturated rings. The minimum Gasteiger partial charge on any atom is -0.348 e. The number of anilines is 2. The van der Waals surface area contributed by atoms with Gasteiger partial charge in [-0.25, -0.2) is 22.9 Å². The zero-order valence-corrected chi connectivity index (χ0v) is 19.5. The highest BCUT2D eigenvalue weighted by atomic mass is 19.1. The minimum atomic E-state index is -0.896. The SMILES string of the molecule is Cc1cnc(C2=CCC(c3ccc(NC(=O)N(C)c4c(F)cccc4F)cc3F)C3=C2C(=O)NC3)[nH]1. The van der Waals surface area contributed by atoms with E-state index in [-0.39, 0.29) is 17.5 Å². The number of imidazole rings is 1. The van der Waals surface area contributed by atoms with Crippen molar-refractivity contribution in [2.24, 2.45) is 0 Å². The maximum absolute atomic E-state index is 15.3. The van der Waals surface area contributed by atoms with Crippen LogP contribution in [-0.4, -0.2) is 35.5 Å². The van der Waals surface area contributed by atoms with Gasteiger partial charge in [-0.2, -0.15) is 0 Å². The van der Waals surface area contributed by atoms with Crippen LogP contribution in [0.1, 0.15) is 29.4 Å². The molecular formula is C26H22F3N5O2. The number of nitrogens with zero attached hydrogens (tertiary/aromatic N) is 2. The summed E-state index contributed by atoms with van der Waals surface area (Å²) in [6.07, 6.45) is 4.01. The maximum Gasteiger partial charge on any atom is 0.326 e. The van der Waals surface area contributed by atoms with Crippen molar-refractivity contribution in [1.82, 2.24) is 15.3 Å². The van der Waals surface area contributed by atoms with Crippen molar-refractivity contribution in [2.75, 3.05) is 23.8 Å². The van der Waals surface area contributed by atoms with Crippen LogP contribution in [0.15, 0.2) is 59.8 Å². The first kappa shape index (κ1) is 23.4. The second kappa shape index (κ2) is 9.03. The van der Waals surface area contributed by atoms with Gasteiger partial charge in [0.1, 0.15) is 29.0 Å². The molecule has 2 aliphatic rings. The van der Waals surface area contributed by atoms with Crippen molar-refractivity contribution in [3.63, 3.8) is 0 Å². The first-order valence-electron chi connectivity index (χ1n) is 11.3. The van der Waals surface area contributed by atoms with Gasteiger partial charge in [-0.05, 0) is 48.7 Å². The number of aromatic amines is 1. The molecular weight excluding hydrogens is 471 g/mol. The van der Waals surface area contributed by atoms with E-state index < -0.39 is 29.2 Å². The Balaban J connectivity index is 1.39. The molecule has 1 atom stereocenters. The highest BCUT2D eigenvalue weighted by molar-refractivity contribution is 6.12. The van der Waals surface area contributed by atoms with Crippen molar-refractivity contribution < 1.29 is 22.8 Å². The highest BCUT2D eigenvalue weighted by Gasteiger charge is 2.36. The Hall–Kier alpha value is -4.34. The number of aromatic nitrogens is 2. The normalized spacial score (nSPS) is 17.0. The summed E-state index contributed by atoms with van der Waals surface area (Å²) < 4.78 is 43.3. The number of halogens is 3. The molecule has 1 aliphatic heterocycles. The lowest BCUT2D eigenvalue weighted by molar-refractivity contribution is -0.116. The van der Waals surface area contributed by atoms with Crippen molar-refractivity contribution in [1.29, 1.82) is 0 Å². The van der Waals surface area contributed by atoms with Gasteiger partial charge in [0.2, 0.25) is 0 Å². The third-order valence-electron chi connectivity index (χ3n) is 6.40. The minimum absolute atomic E-state index is 0.123. The standard InChI is InChI=1S/C26H22F3N5O2/c1-13-11-30-24(32-13)17-9-8-15(18-12-31-25(35)22(17)18)16-7-6-14(10-21(16)29)33-26(36)34(2)23-19(27)4-3-5-20(23)28/h3-7,9-11,15H,8,12H2,1-2H3,(H,30,32)(H,31,35)(H,33,36). The zero-order valence-electron chi connectivity index (χ0n) is 19.5. The summed E-state index contributed by atoms with van der Waals surface area (Å²) in [5, 5.41) is 5.28. The number of rotatable bonds is 4. The largest absolute Gasteiger partial charge is 0.348 e. The highest BCUT2D eigenvalue weighted by Crippen LogP contribution is 2.43. The predicted molar refractivity (Wildman–Crippen MR) is 129 cm³/mol. The van der Waals surface area contributed by atoms with Gasteiger partial charge in [0.25, 0.3) is 5.91 Å². The molecule has 0 spiro atoms. The number of amides is 3. The molecule has 184 valence electrons. The number of hydrogen-bond donors (Lipinski definition) is 3. The summed E-state index contributed by atoms with van der Waals surface area (Å²) in [6.45, 7) is 2.17. The number of carbonyl (C=O) groups excluding carboxylic acids is 2. The Bertz CT molecular complexity index is 1440. The van der Waals surface area contributed by atoms with E-state index in [2.05, 4.69) is 20.6 Å². The predicted octanol–water partition coefficient (Wildman–Crippen LogP) is 4.80.